The highest BCUT2D eigenvalue weighted by atomic mass is 16.6. The van der Waals surface area contributed by atoms with Gasteiger partial charge in [-0.3, -0.25) is 19.7 Å². The first kappa shape index (κ1) is 20.1. The van der Waals surface area contributed by atoms with Crippen molar-refractivity contribution in [3.05, 3.63) is 112 Å². The summed E-state index contributed by atoms with van der Waals surface area (Å²) in [5.74, 6) is -1.84. The van der Waals surface area contributed by atoms with Crippen LogP contribution >= 0.6 is 0 Å². The quantitative estimate of drug-likeness (QED) is 0.149. The highest BCUT2D eigenvalue weighted by Gasteiger charge is 2.38. The highest BCUT2D eigenvalue weighted by molar-refractivity contribution is 6.36. The van der Waals surface area contributed by atoms with Crippen molar-refractivity contribution in [2.75, 3.05) is 4.90 Å². The lowest BCUT2D eigenvalue weighted by Gasteiger charge is -2.16. The van der Waals surface area contributed by atoms with Crippen LogP contribution in [0.15, 0.2) is 84.9 Å². The molecular weight excluding hydrogens is 424 g/mol. The van der Waals surface area contributed by atoms with Crippen LogP contribution in [0.25, 0.3) is 10.8 Å². The van der Waals surface area contributed by atoms with Crippen LogP contribution in [0.2, 0.25) is 0 Å². The number of nitro groups is 1. The molecule has 33 heavy (non-hydrogen) atoms. The van der Waals surface area contributed by atoms with Crippen LogP contribution in [0.4, 0.5) is 11.4 Å². The van der Waals surface area contributed by atoms with Crippen LogP contribution in [-0.2, 0) is 0 Å². The number of non-ortho nitro benzene ring substituents is 1. The molecule has 0 spiro atoms. The molecule has 5 rings (SSSR count). The normalized spacial score (nSPS) is 12.7. The zero-order valence-electron chi connectivity index (χ0n) is 16.9. The summed E-state index contributed by atoms with van der Waals surface area (Å²) in [4.78, 5) is 50.3. The number of benzene rings is 4. The van der Waals surface area contributed by atoms with Crippen LogP contribution in [0.1, 0.15) is 31.1 Å². The summed E-state index contributed by atoms with van der Waals surface area (Å²) in [5.41, 5.74) is 0.545. The third kappa shape index (κ3) is 3.39. The molecule has 2 amide bonds. The molecule has 0 aromatic heterocycles. The molecule has 0 saturated heterocycles. The van der Waals surface area contributed by atoms with Crippen LogP contribution in [-0.4, -0.2) is 22.7 Å². The maximum absolute atomic E-state index is 13.2. The lowest BCUT2D eigenvalue weighted by Crippen LogP contribution is -2.29. The molecule has 160 valence electrons. The van der Waals surface area contributed by atoms with E-state index in [0.29, 0.717) is 5.69 Å². The summed E-state index contributed by atoms with van der Waals surface area (Å²) in [5, 5.41) is 12.6. The van der Waals surface area contributed by atoms with E-state index >= 15 is 0 Å². The standard InChI is InChI=1S/C25H14N2O6/c28-23-20-12-11-16(25(30)33-18-8-4-7-17(14-18)27(31)32)13-21(20)24(29)26(23)22-10-3-6-15-5-1-2-9-19(15)22/h1-14H. The first-order valence-corrected chi connectivity index (χ1v) is 9.91. The van der Waals surface area contributed by atoms with Crippen molar-refractivity contribution in [1.29, 1.82) is 0 Å². The van der Waals surface area contributed by atoms with Gasteiger partial charge in [0.1, 0.15) is 5.75 Å². The van der Waals surface area contributed by atoms with E-state index in [1.165, 1.54) is 36.4 Å². The molecule has 1 heterocycles. The van der Waals surface area contributed by atoms with Gasteiger partial charge in [0.15, 0.2) is 0 Å². The molecule has 1 aliphatic rings. The molecule has 0 atom stereocenters. The Labute approximate surface area is 186 Å². The van der Waals surface area contributed by atoms with E-state index in [4.69, 9.17) is 4.74 Å². The number of anilines is 1. The first-order chi connectivity index (χ1) is 15.9. The van der Waals surface area contributed by atoms with Crippen molar-refractivity contribution in [3.63, 3.8) is 0 Å². The average Bonchev–Trinajstić information content (AvgIpc) is 3.08. The Morgan fingerprint density at radius 3 is 2.36 bits per heavy atom. The molecule has 0 radical (unpaired) electrons. The zero-order valence-corrected chi connectivity index (χ0v) is 16.9. The van der Waals surface area contributed by atoms with Crippen LogP contribution in [0.3, 0.4) is 0 Å². The Hall–Kier alpha value is -4.85. The molecule has 0 unspecified atom stereocenters. The van der Waals surface area contributed by atoms with Crippen molar-refractivity contribution in [2.24, 2.45) is 0 Å². The topological polar surface area (TPSA) is 107 Å². The van der Waals surface area contributed by atoms with E-state index in [-0.39, 0.29) is 28.1 Å². The third-order valence-corrected chi connectivity index (χ3v) is 5.37. The number of fused-ring (bicyclic) bond motifs is 2. The van der Waals surface area contributed by atoms with E-state index < -0.39 is 22.7 Å². The second-order valence-corrected chi connectivity index (χ2v) is 7.35. The molecule has 0 bridgehead atoms. The minimum absolute atomic E-state index is 0.00511. The van der Waals surface area contributed by atoms with Crippen molar-refractivity contribution in [2.45, 2.75) is 0 Å². The van der Waals surface area contributed by atoms with Crippen LogP contribution in [0, 0.1) is 10.1 Å². The first-order valence-electron chi connectivity index (χ1n) is 9.91. The van der Waals surface area contributed by atoms with Crippen molar-refractivity contribution in [1.82, 2.24) is 0 Å². The maximum Gasteiger partial charge on any atom is 0.343 e. The van der Waals surface area contributed by atoms with Gasteiger partial charge in [0.05, 0.1) is 33.4 Å². The van der Waals surface area contributed by atoms with E-state index in [1.54, 1.807) is 12.1 Å². The summed E-state index contributed by atoms with van der Waals surface area (Å²) in [6, 6.07) is 22.1. The second kappa shape index (κ2) is 7.69. The van der Waals surface area contributed by atoms with Crippen molar-refractivity contribution < 1.29 is 24.0 Å². The Morgan fingerprint density at radius 2 is 1.55 bits per heavy atom. The monoisotopic (exact) mass is 438 g/mol. The van der Waals surface area contributed by atoms with Crippen LogP contribution < -0.4 is 9.64 Å². The van der Waals surface area contributed by atoms with Gasteiger partial charge in [-0.25, -0.2) is 9.69 Å². The summed E-state index contributed by atoms with van der Waals surface area (Å²) >= 11 is 0. The minimum Gasteiger partial charge on any atom is -0.423 e. The number of nitro benzene ring substituents is 1. The molecule has 4 aromatic rings. The molecule has 4 aromatic carbocycles. The van der Waals surface area contributed by atoms with E-state index in [0.717, 1.165) is 21.7 Å². The summed E-state index contributed by atoms with van der Waals surface area (Å²) < 4.78 is 5.23. The number of amides is 2. The number of hydrogen-bond donors (Lipinski definition) is 0. The van der Waals surface area contributed by atoms with Gasteiger partial charge in [-0.05, 0) is 35.7 Å². The number of hydrogen-bond acceptors (Lipinski definition) is 6. The molecule has 8 heteroatoms. The lowest BCUT2D eigenvalue weighted by molar-refractivity contribution is -0.384. The largest absolute Gasteiger partial charge is 0.423 e. The van der Waals surface area contributed by atoms with E-state index in [1.807, 2.05) is 30.3 Å². The number of imide groups is 1. The van der Waals surface area contributed by atoms with Gasteiger partial charge in [0.2, 0.25) is 0 Å². The molecular formula is C25H14N2O6. The van der Waals surface area contributed by atoms with E-state index in [9.17, 15) is 24.5 Å². The number of ether oxygens (including phenoxy) is 1. The van der Waals surface area contributed by atoms with Crippen molar-refractivity contribution in [3.8, 4) is 5.75 Å². The average molecular weight is 438 g/mol. The Balaban J connectivity index is 1.47. The predicted molar refractivity (Wildman–Crippen MR) is 120 cm³/mol. The number of carbonyl (C=O) groups is 3. The van der Waals surface area contributed by atoms with Gasteiger partial charge < -0.3 is 4.74 Å². The van der Waals surface area contributed by atoms with Gasteiger partial charge in [-0.1, -0.05) is 42.5 Å². The van der Waals surface area contributed by atoms with E-state index in [2.05, 4.69) is 0 Å². The summed E-state index contributed by atoms with van der Waals surface area (Å²) in [7, 11) is 0. The fourth-order valence-corrected chi connectivity index (χ4v) is 3.82. The highest BCUT2D eigenvalue weighted by Crippen LogP contribution is 2.34. The molecule has 0 N–H and O–H groups in total. The number of esters is 1. The summed E-state index contributed by atoms with van der Waals surface area (Å²) in [6.45, 7) is 0. The van der Waals surface area contributed by atoms with Gasteiger partial charge in [0.25, 0.3) is 17.5 Å². The van der Waals surface area contributed by atoms with Crippen molar-refractivity contribution >= 4 is 39.9 Å². The van der Waals surface area contributed by atoms with Gasteiger partial charge in [0, 0.05) is 11.5 Å². The molecule has 8 nitrogen and oxygen atoms in total. The number of carbonyl (C=O) groups excluding carboxylic acids is 3. The predicted octanol–water partition coefficient (Wildman–Crippen LogP) is 4.77. The maximum atomic E-state index is 13.2. The Bertz CT molecular complexity index is 1490. The second-order valence-electron chi connectivity index (χ2n) is 7.35. The zero-order chi connectivity index (χ0) is 23.1. The summed E-state index contributed by atoms with van der Waals surface area (Å²) in [6.07, 6.45) is 0. The smallest absolute Gasteiger partial charge is 0.343 e. The third-order valence-electron chi connectivity index (χ3n) is 5.37. The minimum atomic E-state index is -0.804. The van der Waals surface area contributed by atoms with Gasteiger partial charge >= 0.3 is 5.97 Å². The molecule has 0 saturated carbocycles. The number of nitrogens with zero attached hydrogens (tertiary/aromatic N) is 2. The lowest BCUT2D eigenvalue weighted by atomic mass is 10.1. The fraction of sp³-hybridized carbons (Fsp3) is 0. The molecule has 0 aliphatic carbocycles. The van der Waals surface area contributed by atoms with Gasteiger partial charge in [-0.15, -0.1) is 0 Å². The fourth-order valence-electron chi connectivity index (χ4n) is 3.82. The van der Waals surface area contributed by atoms with Gasteiger partial charge in [-0.2, -0.15) is 0 Å². The molecule has 0 fully saturated rings. The number of rotatable bonds is 4. The Morgan fingerprint density at radius 1 is 0.818 bits per heavy atom. The SMILES string of the molecule is O=C(Oc1cccc([N+](=O)[O-])c1)c1ccc2c(c1)C(=O)N(c1cccc3ccccc13)C2=O. The molecule has 1 aliphatic heterocycles. The van der Waals surface area contributed by atoms with Crippen LogP contribution in [0.5, 0.6) is 5.75 Å². The Kier molecular flexibility index (Phi) is 4.68.